The largest absolute Gasteiger partial charge is 0.466 e. The minimum atomic E-state index is 0.396. The summed E-state index contributed by atoms with van der Waals surface area (Å²) in [6, 6.07) is 8.56. The molecule has 0 radical (unpaired) electrons. The summed E-state index contributed by atoms with van der Waals surface area (Å²) in [5.74, 6) is 3.04. The first-order chi connectivity index (χ1) is 7.58. The standard InChI is InChI=1S/C14H18OS/c1-9(2)14(12-7-5-10(3)15-12)13-8-6-11(4)16-13/h5-9,14H,1-4H3. The molecule has 1 nitrogen and oxygen atoms in total. The molecule has 86 valence electrons. The van der Waals surface area contributed by atoms with Gasteiger partial charge in [0.2, 0.25) is 0 Å². The fourth-order valence-corrected chi connectivity index (χ4v) is 3.20. The van der Waals surface area contributed by atoms with Crippen LogP contribution in [0.5, 0.6) is 0 Å². The Kier molecular flexibility index (Phi) is 3.20. The summed E-state index contributed by atoms with van der Waals surface area (Å²) in [7, 11) is 0. The van der Waals surface area contributed by atoms with E-state index in [2.05, 4.69) is 39.0 Å². The van der Waals surface area contributed by atoms with Gasteiger partial charge in [-0.3, -0.25) is 0 Å². The van der Waals surface area contributed by atoms with Crippen LogP contribution in [0, 0.1) is 19.8 Å². The molecule has 0 N–H and O–H groups in total. The first-order valence-electron chi connectivity index (χ1n) is 5.70. The number of rotatable bonds is 3. The van der Waals surface area contributed by atoms with E-state index in [1.165, 1.54) is 9.75 Å². The van der Waals surface area contributed by atoms with Gasteiger partial charge in [0.25, 0.3) is 0 Å². The minimum Gasteiger partial charge on any atom is -0.466 e. The van der Waals surface area contributed by atoms with Crippen molar-refractivity contribution in [3.05, 3.63) is 45.5 Å². The Morgan fingerprint density at radius 3 is 2.25 bits per heavy atom. The molecular formula is C14H18OS. The van der Waals surface area contributed by atoms with Crippen LogP contribution in [0.25, 0.3) is 0 Å². The second-order valence-electron chi connectivity index (χ2n) is 4.62. The van der Waals surface area contributed by atoms with Crippen LogP contribution in [-0.2, 0) is 0 Å². The Morgan fingerprint density at radius 2 is 1.81 bits per heavy atom. The maximum Gasteiger partial charge on any atom is 0.112 e. The van der Waals surface area contributed by atoms with Crippen molar-refractivity contribution in [1.82, 2.24) is 0 Å². The average molecular weight is 234 g/mol. The van der Waals surface area contributed by atoms with Gasteiger partial charge >= 0.3 is 0 Å². The second-order valence-corrected chi connectivity index (χ2v) is 5.94. The molecule has 0 saturated heterocycles. The van der Waals surface area contributed by atoms with Crippen LogP contribution >= 0.6 is 11.3 Å². The van der Waals surface area contributed by atoms with Crippen LogP contribution in [0.2, 0.25) is 0 Å². The van der Waals surface area contributed by atoms with Gasteiger partial charge in [0.1, 0.15) is 11.5 Å². The number of hydrogen-bond donors (Lipinski definition) is 0. The summed E-state index contributed by atoms with van der Waals surface area (Å²) in [6.07, 6.45) is 0. The number of thiophene rings is 1. The van der Waals surface area contributed by atoms with Gasteiger partial charge in [-0.25, -0.2) is 0 Å². The van der Waals surface area contributed by atoms with Gasteiger partial charge in [0.05, 0.1) is 5.92 Å². The van der Waals surface area contributed by atoms with Gasteiger partial charge in [-0.2, -0.15) is 0 Å². The van der Waals surface area contributed by atoms with E-state index in [4.69, 9.17) is 4.42 Å². The highest BCUT2D eigenvalue weighted by Crippen LogP contribution is 2.36. The van der Waals surface area contributed by atoms with Crippen LogP contribution in [0.3, 0.4) is 0 Å². The summed E-state index contributed by atoms with van der Waals surface area (Å²) in [5, 5.41) is 0. The Bertz CT molecular complexity index is 424. The molecule has 0 amide bonds. The van der Waals surface area contributed by atoms with E-state index in [0.717, 1.165) is 11.5 Å². The van der Waals surface area contributed by atoms with E-state index in [1.807, 2.05) is 24.3 Å². The molecule has 16 heavy (non-hydrogen) atoms. The summed E-state index contributed by atoms with van der Waals surface area (Å²) in [4.78, 5) is 2.77. The van der Waals surface area contributed by atoms with Crippen LogP contribution in [0.15, 0.2) is 28.7 Å². The first-order valence-corrected chi connectivity index (χ1v) is 6.52. The summed E-state index contributed by atoms with van der Waals surface area (Å²) >= 11 is 1.87. The molecule has 0 aliphatic carbocycles. The van der Waals surface area contributed by atoms with Gasteiger partial charge in [-0.15, -0.1) is 11.3 Å². The highest BCUT2D eigenvalue weighted by molar-refractivity contribution is 7.12. The Balaban J connectivity index is 2.38. The van der Waals surface area contributed by atoms with Gasteiger partial charge in [-0.1, -0.05) is 13.8 Å². The summed E-state index contributed by atoms with van der Waals surface area (Å²) in [5.41, 5.74) is 0. The van der Waals surface area contributed by atoms with Gasteiger partial charge in [0.15, 0.2) is 0 Å². The van der Waals surface area contributed by atoms with Crippen molar-refractivity contribution in [2.24, 2.45) is 5.92 Å². The topological polar surface area (TPSA) is 13.1 Å². The molecular weight excluding hydrogens is 216 g/mol. The van der Waals surface area contributed by atoms with Crippen molar-refractivity contribution in [2.45, 2.75) is 33.6 Å². The molecule has 0 aliphatic heterocycles. The zero-order valence-corrected chi connectivity index (χ0v) is 11.1. The number of aryl methyl sites for hydroxylation is 2. The monoisotopic (exact) mass is 234 g/mol. The molecule has 0 saturated carbocycles. The summed E-state index contributed by atoms with van der Waals surface area (Å²) < 4.78 is 5.78. The zero-order valence-electron chi connectivity index (χ0n) is 10.3. The van der Waals surface area contributed by atoms with Crippen molar-refractivity contribution >= 4 is 11.3 Å². The molecule has 2 aromatic heterocycles. The molecule has 0 aliphatic rings. The third kappa shape index (κ3) is 2.22. The maximum atomic E-state index is 5.78. The van der Waals surface area contributed by atoms with E-state index in [1.54, 1.807) is 0 Å². The molecule has 0 aromatic carbocycles. The van der Waals surface area contributed by atoms with Crippen molar-refractivity contribution in [3.8, 4) is 0 Å². The SMILES string of the molecule is Cc1ccc(C(c2ccc(C)s2)C(C)C)o1. The normalized spacial score (nSPS) is 13.3. The molecule has 2 heterocycles. The Morgan fingerprint density at radius 1 is 1.06 bits per heavy atom. The molecule has 0 fully saturated rings. The van der Waals surface area contributed by atoms with Crippen molar-refractivity contribution in [1.29, 1.82) is 0 Å². The second kappa shape index (κ2) is 4.46. The van der Waals surface area contributed by atoms with Crippen molar-refractivity contribution < 1.29 is 4.42 Å². The van der Waals surface area contributed by atoms with Crippen molar-refractivity contribution in [2.75, 3.05) is 0 Å². The van der Waals surface area contributed by atoms with E-state index in [9.17, 15) is 0 Å². The molecule has 1 unspecified atom stereocenters. The van der Waals surface area contributed by atoms with Gasteiger partial charge < -0.3 is 4.42 Å². The Labute approximate surface area is 101 Å². The highest BCUT2D eigenvalue weighted by atomic mass is 32.1. The predicted octanol–water partition coefficient (Wildman–Crippen LogP) is 4.75. The highest BCUT2D eigenvalue weighted by Gasteiger charge is 2.22. The maximum absolute atomic E-state index is 5.78. The number of furan rings is 1. The molecule has 1 atom stereocenters. The zero-order chi connectivity index (χ0) is 11.7. The van der Waals surface area contributed by atoms with Crippen LogP contribution in [0.4, 0.5) is 0 Å². The predicted molar refractivity (Wildman–Crippen MR) is 69.2 cm³/mol. The molecule has 0 spiro atoms. The molecule has 2 heteroatoms. The minimum absolute atomic E-state index is 0.396. The van der Waals surface area contributed by atoms with Gasteiger partial charge in [-0.05, 0) is 44.0 Å². The van der Waals surface area contributed by atoms with Crippen molar-refractivity contribution in [3.63, 3.8) is 0 Å². The first kappa shape index (κ1) is 11.5. The molecule has 2 rings (SSSR count). The van der Waals surface area contributed by atoms with E-state index in [0.29, 0.717) is 11.8 Å². The third-order valence-corrected chi connectivity index (χ3v) is 3.89. The average Bonchev–Trinajstić information content (AvgIpc) is 2.76. The number of hydrogen-bond acceptors (Lipinski definition) is 2. The van der Waals surface area contributed by atoms with E-state index < -0.39 is 0 Å². The van der Waals surface area contributed by atoms with Crippen LogP contribution in [0.1, 0.15) is 41.0 Å². The fraction of sp³-hybridized carbons (Fsp3) is 0.429. The van der Waals surface area contributed by atoms with Crippen LogP contribution in [-0.4, -0.2) is 0 Å². The van der Waals surface area contributed by atoms with Crippen LogP contribution < -0.4 is 0 Å². The lowest BCUT2D eigenvalue weighted by molar-refractivity contribution is 0.420. The lowest BCUT2D eigenvalue weighted by Crippen LogP contribution is -2.05. The van der Waals surface area contributed by atoms with E-state index >= 15 is 0 Å². The molecule has 0 bridgehead atoms. The summed E-state index contributed by atoms with van der Waals surface area (Å²) in [6.45, 7) is 8.65. The lowest BCUT2D eigenvalue weighted by atomic mass is 9.92. The molecule has 2 aromatic rings. The Hall–Kier alpha value is -1.02. The third-order valence-electron chi connectivity index (χ3n) is 2.80. The smallest absolute Gasteiger partial charge is 0.112 e. The van der Waals surface area contributed by atoms with Gasteiger partial charge in [0, 0.05) is 9.75 Å². The lowest BCUT2D eigenvalue weighted by Gasteiger charge is -2.16. The van der Waals surface area contributed by atoms with E-state index in [-0.39, 0.29) is 0 Å². The quantitative estimate of drug-likeness (QED) is 0.747. The fourth-order valence-electron chi connectivity index (χ4n) is 2.04.